The maximum Gasteiger partial charge on any atom is 0.258 e. The van der Waals surface area contributed by atoms with Crippen LogP contribution < -0.4 is 0 Å². The van der Waals surface area contributed by atoms with Crippen molar-refractivity contribution in [2.45, 2.75) is 0 Å². The van der Waals surface area contributed by atoms with Crippen LogP contribution in [0.1, 0.15) is 5.56 Å². The van der Waals surface area contributed by atoms with Gasteiger partial charge in [-0.3, -0.25) is 0 Å². The Balaban J connectivity index is 2.02. The predicted octanol–water partition coefficient (Wildman–Crippen LogP) is 4.04. The number of benzene rings is 2. The average Bonchev–Trinajstić information content (AvgIpc) is 2.97. The van der Waals surface area contributed by atoms with Gasteiger partial charge < -0.3 is 4.52 Å². The van der Waals surface area contributed by atoms with E-state index in [1.807, 2.05) is 30.3 Å². The minimum Gasteiger partial charge on any atom is -0.334 e. The van der Waals surface area contributed by atoms with Gasteiger partial charge in [0, 0.05) is 15.6 Å². The normalized spacial score (nSPS) is 10.2. The molecular weight excluding hydrogens is 318 g/mol. The van der Waals surface area contributed by atoms with Crippen LogP contribution in [0, 0.1) is 11.3 Å². The van der Waals surface area contributed by atoms with Crippen LogP contribution in [-0.2, 0) is 0 Å². The molecule has 0 amide bonds. The van der Waals surface area contributed by atoms with Crippen molar-refractivity contribution in [1.82, 2.24) is 10.1 Å². The maximum absolute atomic E-state index is 8.91. The summed E-state index contributed by atoms with van der Waals surface area (Å²) < 4.78 is 6.17. The van der Waals surface area contributed by atoms with E-state index in [4.69, 9.17) is 9.78 Å². The summed E-state index contributed by atoms with van der Waals surface area (Å²) in [5, 5.41) is 12.9. The Bertz CT molecular complexity index is 805. The minimum absolute atomic E-state index is 0.396. The van der Waals surface area contributed by atoms with Crippen LogP contribution in [-0.4, -0.2) is 10.1 Å². The first-order valence-corrected chi connectivity index (χ1v) is 6.66. The third-order valence-corrected chi connectivity index (χ3v) is 3.47. The molecule has 0 spiro atoms. The molecule has 0 saturated heterocycles. The second-order valence-corrected chi connectivity index (χ2v) is 4.95. The van der Waals surface area contributed by atoms with Crippen LogP contribution in [0.2, 0.25) is 0 Å². The molecule has 0 atom stereocenters. The summed E-state index contributed by atoms with van der Waals surface area (Å²) in [7, 11) is 0. The van der Waals surface area contributed by atoms with Crippen molar-refractivity contribution >= 4 is 15.9 Å². The van der Waals surface area contributed by atoms with Gasteiger partial charge in [0.05, 0.1) is 11.6 Å². The molecular formula is C15H8BrN3O. The smallest absolute Gasteiger partial charge is 0.258 e. The highest BCUT2D eigenvalue weighted by Crippen LogP contribution is 2.27. The van der Waals surface area contributed by atoms with E-state index in [9.17, 15) is 0 Å². The van der Waals surface area contributed by atoms with E-state index in [2.05, 4.69) is 32.1 Å². The molecule has 5 heteroatoms. The molecule has 3 rings (SSSR count). The van der Waals surface area contributed by atoms with Gasteiger partial charge in [0.1, 0.15) is 0 Å². The third kappa shape index (κ3) is 2.33. The van der Waals surface area contributed by atoms with Crippen molar-refractivity contribution in [3.63, 3.8) is 0 Å². The predicted molar refractivity (Wildman–Crippen MR) is 77.6 cm³/mol. The Kier molecular flexibility index (Phi) is 3.32. The molecule has 0 fully saturated rings. The van der Waals surface area contributed by atoms with Crippen LogP contribution in [0.3, 0.4) is 0 Å². The molecule has 1 heterocycles. The highest BCUT2D eigenvalue weighted by molar-refractivity contribution is 9.10. The lowest BCUT2D eigenvalue weighted by Gasteiger charge is -1.96. The second kappa shape index (κ2) is 5.27. The lowest BCUT2D eigenvalue weighted by Crippen LogP contribution is -1.83. The van der Waals surface area contributed by atoms with Crippen molar-refractivity contribution < 1.29 is 4.52 Å². The fourth-order valence-corrected chi connectivity index (χ4v) is 2.28. The van der Waals surface area contributed by atoms with Gasteiger partial charge in [0.2, 0.25) is 5.82 Å². The van der Waals surface area contributed by atoms with Crippen molar-refractivity contribution in [3.05, 3.63) is 58.6 Å². The molecule has 0 N–H and O–H groups in total. The minimum atomic E-state index is 0.396. The van der Waals surface area contributed by atoms with Crippen LogP contribution in [0.5, 0.6) is 0 Å². The Morgan fingerprint density at radius 2 is 1.95 bits per heavy atom. The molecule has 0 saturated carbocycles. The van der Waals surface area contributed by atoms with Crippen molar-refractivity contribution in [3.8, 4) is 28.9 Å². The van der Waals surface area contributed by atoms with Crippen LogP contribution in [0.15, 0.2) is 57.5 Å². The summed E-state index contributed by atoms with van der Waals surface area (Å²) in [4.78, 5) is 4.37. The molecule has 1 aromatic heterocycles. The Morgan fingerprint density at radius 3 is 2.75 bits per heavy atom. The van der Waals surface area contributed by atoms with Crippen molar-refractivity contribution in [2.24, 2.45) is 0 Å². The first kappa shape index (κ1) is 12.6. The number of hydrogen-bond acceptors (Lipinski definition) is 4. The van der Waals surface area contributed by atoms with Crippen molar-refractivity contribution in [2.75, 3.05) is 0 Å². The first-order chi connectivity index (χ1) is 9.78. The van der Waals surface area contributed by atoms with Gasteiger partial charge in [-0.1, -0.05) is 39.3 Å². The Morgan fingerprint density at radius 1 is 1.10 bits per heavy atom. The molecule has 20 heavy (non-hydrogen) atoms. The number of aromatic nitrogens is 2. The summed E-state index contributed by atoms with van der Waals surface area (Å²) in [5.41, 5.74) is 2.15. The van der Waals surface area contributed by atoms with Crippen LogP contribution >= 0.6 is 15.9 Å². The lowest BCUT2D eigenvalue weighted by atomic mass is 10.1. The van der Waals surface area contributed by atoms with E-state index in [0.29, 0.717) is 17.3 Å². The van der Waals surface area contributed by atoms with Crippen molar-refractivity contribution in [1.29, 1.82) is 5.26 Å². The molecule has 96 valence electrons. The van der Waals surface area contributed by atoms with E-state index in [1.165, 1.54) is 0 Å². The summed E-state index contributed by atoms with van der Waals surface area (Å²) in [6, 6.07) is 16.8. The Labute approximate surface area is 123 Å². The first-order valence-electron chi connectivity index (χ1n) is 5.87. The highest BCUT2D eigenvalue weighted by atomic mass is 79.9. The monoisotopic (exact) mass is 325 g/mol. The quantitative estimate of drug-likeness (QED) is 0.713. The second-order valence-electron chi connectivity index (χ2n) is 4.10. The molecule has 0 radical (unpaired) electrons. The fraction of sp³-hybridized carbons (Fsp3) is 0. The van der Waals surface area contributed by atoms with Crippen LogP contribution in [0.25, 0.3) is 22.8 Å². The van der Waals surface area contributed by atoms with Gasteiger partial charge >= 0.3 is 0 Å². The summed E-state index contributed by atoms with van der Waals surface area (Å²) in [6.07, 6.45) is 0. The van der Waals surface area contributed by atoms with E-state index in [1.54, 1.807) is 18.2 Å². The molecule has 0 bridgehead atoms. The zero-order chi connectivity index (χ0) is 13.9. The summed E-state index contributed by atoms with van der Waals surface area (Å²) >= 11 is 3.46. The highest BCUT2D eigenvalue weighted by Gasteiger charge is 2.12. The van der Waals surface area contributed by atoms with E-state index in [-0.39, 0.29) is 0 Å². The van der Waals surface area contributed by atoms with Gasteiger partial charge in [-0.05, 0) is 30.3 Å². The zero-order valence-corrected chi connectivity index (χ0v) is 11.8. The molecule has 0 unspecified atom stereocenters. The molecule has 2 aromatic carbocycles. The number of nitrogens with zero attached hydrogens (tertiary/aromatic N) is 3. The van der Waals surface area contributed by atoms with E-state index in [0.717, 1.165) is 15.6 Å². The Hall–Kier alpha value is -2.45. The standard InChI is InChI=1S/C15H8BrN3O/c16-13-7-2-1-6-12(13)14-18-15(20-19-14)11-5-3-4-10(8-11)9-17/h1-8H. The number of halogens is 1. The molecule has 4 nitrogen and oxygen atoms in total. The summed E-state index contributed by atoms with van der Waals surface area (Å²) in [5.74, 6) is 0.905. The topological polar surface area (TPSA) is 62.7 Å². The van der Waals surface area contributed by atoms with E-state index < -0.39 is 0 Å². The van der Waals surface area contributed by atoms with Gasteiger partial charge in [-0.25, -0.2) is 0 Å². The number of hydrogen-bond donors (Lipinski definition) is 0. The zero-order valence-electron chi connectivity index (χ0n) is 10.2. The number of rotatable bonds is 2. The molecule has 0 aliphatic heterocycles. The lowest BCUT2D eigenvalue weighted by molar-refractivity contribution is 0.432. The number of nitriles is 1. The molecule has 0 aliphatic carbocycles. The molecule has 0 aliphatic rings. The maximum atomic E-state index is 8.91. The largest absolute Gasteiger partial charge is 0.334 e. The van der Waals surface area contributed by atoms with Gasteiger partial charge in [-0.2, -0.15) is 10.2 Å². The average molecular weight is 326 g/mol. The van der Waals surface area contributed by atoms with E-state index >= 15 is 0 Å². The molecule has 3 aromatic rings. The summed E-state index contributed by atoms with van der Waals surface area (Å²) in [6.45, 7) is 0. The van der Waals surface area contributed by atoms with Gasteiger partial charge in [0.15, 0.2) is 0 Å². The van der Waals surface area contributed by atoms with Gasteiger partial charge in [-0.15, -0.1) is 0 Å². The van der Waals surface area contributed by atoms with Gasteiger partial charge in [0.25, 0.3) is 5.89 Å². The fourth-order valence-electron chi connectivity index (χ4n) is 1.81. The SMILES string of the molecule is N#Cc1cccc(-c2nc(-c3ccccc3Br)no2)c1. The van der Waals surface area contributed by atoms with Crippen LogP contribution in [0.4, 0.5) is 0 Å². The third-order valence-electron chi connectivity index (χ3n) is 2.78.